The van der Waals surface area contributed by atoms with E-state index in [9.17, 15) is 0 Å². The summed E-state index contributed by atoms with van der Waals surface area (Å²) in [6.45, 7) is 4.82. The van der Waals surface area contributed by atoms with Crippen LogP contribution in [-0.2, 0) is 6.42 Å². The maximum atomic E-state index is 8.96. The lowest BCUT2D eigenvalue weighted by Crippen LogP contribution is -2.04. The van der Waals surface area contributed by atoms with Gasteiger partial charge >= 0.3 is 0 Å². The minimum atomic E-state index is 0.0724. The predicted molar refractivity (Wildman–Crippen MR) is 105 cm³/mol. The number of hydrogen-bond acceptors (Lipinski definition) is 4. The molecule has 4 nitrogen and oxygen atoms in total. The maximum absolute atomic E-state index is 8.96. The summed E-state index contributed by atoms with van der Waals surface area (Å²) >= 11 is 0. The van der Waals surface area contributed by atoms with Gasteiger partial charge in [-0.15, -0.1) is 0 Å². The number of nitrogens with zero attached hydrogens (tertiary/aromatic N) is 3. The van der Waals surface area contributed by atoms with Gasteiger partial charge in [0.15, 0.2) is 5.82 Å². The number of benzene rings is 1. The fourth-order valence-corrected chi connectivity index (χ4v) is 2.77. The zero-order valence-corrected chi connectivity index (χ0v) is 15.9. The summed E-state index contributed by atoms with van der Waals surface area (Å²) in [5, 5.41) is 8.96. The average molecular weight is 351 g/mol. The summed E-state index contributed by atoms with van der Waals surface area (Å²) in [5.74, 6) is 1.63. The topological polar surface area (TPSA) is 58.8 Å². The second kappa shape index (κ2) is 11.3. The van der Waals surface area contributed by atoms with E-state index in [4.69, 9.17) is 10.00 Å². The van der Waals surface area contributed by atoms with Crippen LogP contribution in [-0.4, -0.2) is 16.6 Å². The Morgan fingerprint density at radius 2 is 1.77 bits per heavy atom. The molecule has 2 aromatic rings. The molecule has 0 amide bonds. The highest BCUT2D eigenvalue weighted by Crippen LogP contribution is 2.20. The van der Waals surface area contributed by atoms with E-state index < -0.39 is 0 Å². The Hall–Kier alpha value is -2.41. The maximum Gasteiger partial charge on any atom is 0.159 e. The molecule has 0 spiro atoms. The molecule has 0 bridgehead atoms. The Balaban J connectivity index is 1.84. The highest BCUT2D eigenvalue weighted by atomic mass is 16.5. The van der Waals surface area contributed by atoms with Gasteiger partial charge in [-0.2, -0.15) is 5.26 Å². The van der Waals surface area contributed by atoms with E-state index in [1.807, 2.05) is 43.6 Å². The van der Waals surface area contributed by atoms with Crippen molar-refractivity contribution in [3.05, 3.63) is 42.2 Å². The Morgan fingerprint density at radius 3 is 2.38 bits per heavy atom. The summed E-state index contributed by atoms with van der Waals surface area (Å²) in [6, 6.07) is 10.1. The Bertz CT molecular complexity index is 674. The van der Waals surface area contributed by atoms with E-state index in [-0.39, 0.29) is 5.92 Å². The molecule has 0 aliphatic rings. The lowest BCUT2D eigenvalue weighted by Gasteiger charge is -2.09. The second-order valence-electron chi connectivity index (χ2n) is 6.62. The molecular formula is C22H29N3O. The smallest absolute Gasteiger partial charge is 0.159 e. The van der Waals surface area contributed by atoms with Gasteiger partial charge < -0.3 is 4.74 Å². The molecule has 4 heteroatoms. The van der Waals surface area contributed by atoms with Crippen molar-refractivity contribution in [3.63, 3.8) is 0 Å². The van der Waals surface area contributed by atoms with E-state index in [1.165, 1.54) is 31.2 Å². The molecule has 0 fully saturated rings. The van der Waals surface area contributed by atoms with Crippen LogP contribution in [0.5, 0.6) is 5.75 Å². The van der Waals surface area contributed by atoms with Crippen molar-refractivity contribution in [2.45, 2.75) is 58.8 Å². The normalized spacial score (nSPS) is 11.7. The third kappa shape index (κ3) is 6.48. The van der Waals surface area contributed by atoms with E-state index in [0.717, 1.165) is 36.4 Å². The van der Waals surface area contributed by atoms with E-state index >= 15 is 0 Å². The molecule has 2 rings (SSSR count). The average Bonchev–Trinajstić information content (AvgIpc) is 2.70. The number of hydrogen-bond donors (Lipinski definition) is 0. The van der Waals surface area contributed by atoms with Crippen LogP contribution in [0.4, 0.5) is 0 Å². The Kier molecular flexibility index (Phi) is 8.62. The molecule has 0 radical (unpaired) electrons. The standard InChI is InChI=1S/C22H29N3O/c1-3-5-6-7-8-19-16-24-22(25-17-19)20-9-11-21(12-10-20)26-14-13-18(4-2)15-23/h9-12,16-18H,3-8,13-14H2,1-2H3. The van der Waals surface area contributed by atoms with Crippen LogP contribution in [0, 0.1) is 17.2 Å². The van der Waals surface area contributed by atoms with Gasteiger partial charge in [-0.1, -0.05) is 33.1 Å². The number of aryl methyl sites for hydroxylation is 1. The molecule has 0 saturated carbocycles. The van der Waals surface area contributed by atoms with Crippen LogP contribution >= 0.6 is 0 Å². The number of ether oxygens (including phenoxy) is 1. The largest absolute Gasteiger partial charge is 0.494 e. The molecule has 1 heterocycles. The molecule has 0 aliphatic carbocycles. The number of rotatable bonds is 11. The van der Waals surface area contributed by atoms with Crippen molar-refractivity contribution < 1.29 is 4.74 Å². The number of unbranched alkanes of at least 4 members (excludes halogenated alkanes) is 3. The van der Waals surface area contributed by atoms with E-state index in [1.54, 1.807) is 0 Å². The van der Waals surface area contributed by atoms with Gasteiger partial charge in [-0.3, -0.25) is 0 Å². The number of nitriles is 1. The first-order valence-corrected chi connectivity index (χ1v) is 9.70. The molecule has 26 heavy (non-hydrogen) atoms. The van der Waals surface area contributed by atoms with Crippen molar-refractivity contribution >= 4 is 0 Å². The molecule has 138 valence electrons. The monoisotopic (exact) mass is 351 g/mol. The molecule has 0 N–H and O–H groups in total. The quantitative estimate of drug-likeness (QED) is 0.495. The first-order valence-electron chi connectivity index (χ1n) is 9.70. The van der Waals surface area contributed by atoms with Crippen molar-refractivity contribution in [1.82, 2.24) is 9.97 Å². The van der Waals surface area contributed by atoms with Gasteiger partial charge in [0.2, 0.25) is 0 Å². The minimum Gasteiger partial charge on any atom is -0.494 e. The van der Waals surface area contributed by atoms with Gasteiger partial charge in [0.05, 0.1) is 12.7 Å². The molecule has 0 aliphatic heterocycles. The van der Waals surface area contributed by atoms with Crippen LogP contribution < -0.4 is 4.74 Å². The molecule has 1 atom stereocenters. The van der Waals surface area contributed by atoms with Crippen LogP contribution in [0.3, 0.4) is 0 Å². The van der Waals surface area contributed by atoms with Crippen molar-refractivity contribution in [2.75, 3.05) is 6.61 Å². The molecule has 1 aromatic carbocycles. The lowest BCUT2D eigenvalue weighted by molar-refractivity contribution is 0.291. The zero-order chi connectivity index (χ0) is 18.6. The van der Waals surface area contributed by atoms with E-state index in [2.05, 4.69) is 23.0 Å². The summed E-state index contributed by atoms with van der Waals surface area (Å²) in [4.78, 5) is 8.99. The van der Waals surface area contributed by atoms with Crippen LogP contribution in [0.25, 0.3) is 11.4 Å². The van der Waals surface area contributed by atoms with Crippen molar-refractivity contribution in [3.8, 4) is 23.2 Å². The molecule has 1 aromatic heterocycles. The molecule has 1 unspecified atom stereocenters. The lowest BCUT2D eigenvalue weighted by atomic mass is 10.1. The summed E-state index contributed by atoms with van der Waals surface area (Å²) in [7, 11) is 0. The minimum absolute atomic E-state index is 0.0724. The van der Waals surface area contributed by atoms with Gasteiger partial charge in [0.25, 0.3) is 0 Å². The molecular weight excluding hydrogens is 322 g/mol. The third-order valence-corrected chi connectivity index (χ3v) is 4.55. The van der Waals surface area contributed by atoms with Gasteiger partial charge in [0.1, 0.15) is 5.75 Å². The number of aromatic nitrogens is 2. The van der Waals surface area contributed by atoms with Crippen LogP contribution in [0.1, 0.15) is 57.9 Å². The van der Waals surface area contributed by atoms with Crippen molar-refractivity contribution in [2.24, 2.45) is 5.92 Å². The molecule has 0 saturated heterocycles. The fraction of sp³-hybridized carbons (Fsp3) is 0.500. The van der Waals surface area contributed by atoms with Gasteiger partial charge in [-0.25, -0.2) is 9.97 Å². The highest BCUT2D eigenvalue weighted by molar-refractivity contribution is 5.55. The van der Waals surface area contributed by atoms with Gasteiger partial charge in [0, 0.05) is 23.9 Å². The van der Waals surface area contributed by atoms with E-state index in [0.29, 0.717) is 6.61 Å². The SMILES string of the molecule is CCCCCCc1cnc(-c2ccc(OCCC(C#N)CC)cc2)nc1. The Labute approximate surface area is 157 Å². The first kappa shape index (κ1) is 19.9. The van der Waals surface area contributed by atoms with Crippen molar-refractivity contribution in [1.29, 1.82) is 5.26 Å². The summed E-state index contributed by atoms with van der Waals surface area (Å²) in [5.41, 5.74) is 2.19. The zero-order valence-electron chi connectivity index (χ0n) is 15.9. The second-order valence-corrected chi connectivity index (χ2v) is 6.62. The van der Waals surface area contributed by atoms with Crippen LogP contribution in [0.15, 0.2) is 36.7 Å². The fourth-order valence-electron chi connectivity index (χ4n) is 2.77. The summed E-state index contributed by atoms with van der Waals surface area (Å²) in [6.07, 6.45) is 11.6. The predicted octanol–water partition coefficient (Wildman–Crippen LogP) is 5.59. The highest BCUT2D eigenvalue weighted by Gasteiger charge is 2.06. The first-order chi connectivity index (χ1) is 12.8. The van der Waals surface area contributed by atoms with Gasteiger partial charge in [-0.05, 0) is 55.5 Å². The summed E-state index contributed by atoms with van der Waals surface area (Å²) < 4.78 is 5.72. The third-order valence-electron chi connectivity index (χ3n) is 4.55. The van der Waals surface area contributed by atoms with Crippen LogP contribution in [0.2, 0.25) is 0 Å². The Morgan fingerprint density at radius 1 is 1.04 bits per heavy atom.